The molecule has 1 fully saturated rings. The first kappa shape index (κ1) is 13.5. The van der Waals surface area contributed by atoms with Gasteiger partial charge in [-0.15, -0.1) is 0 Å². The zero-order valence-electron chi connectivity index (χ0n) is 10.5. The molecule has 1 aliphatic carbocycles. The Kier molecular flexibility index (Phi) is 5.22. The normalized spacial score (nSPS) is 19.9. The summed E-state index contributed by atoms with van der Waals surface area (Å²) in [6.07, 6.45) is 4.12. The van der Waals surface area contributed by atoms with Crippen LogP contribution in [0.25, 0.3) is 0 Å². The largest absolute Gasteiger partial charge is 0.465 e. The molecule has 0 aromatic rings. The van der Waals surface area contributed by atoms with E-state index >= 15 is 0 Å². The third-order valence-corrected chi connectivity index (χ3v) is 3.35. The van der Waals surface area contributed by atoms with Crippen molar-refractivity contribution in [2.75, 3.05) is 20.3 Å². The van der Waals surface area contributed by atoms with Crippen molar-refractivity contribution >= 4 is 5.97 Å². The van der Waals surface area contributed by atoms with Gasteiger partial charge in [-0.1, -0.05) is 6.92 Å². The van der Waals surface area contributed by atoms with E-state index in [9.17, 15) is 4.79 Å². The maximum absolute atomic E-state index is 11.6. The quantitative estimate of drug-likeness (QED) is 0.672. The molecule has 1 rings (SSSR count). The highest BCUT2D eigenvalue weighted by Gasteiger charge is 2.37. The van der Waals surface area contributed by atoms with Gasteiger partial charge in [-0.3, -0.25) is 4.79 Å². The third-order valence-electron chi connectivity index (χ3n) is 3.35. The molecule has 0 amide bonds. The van der Waals surface area contributed by atoms with Gasteiger partial charge in [0.25, 0.3) is 0 Å². The molecule has 0 aliphatic heterocycles. The van der Waals surface area contributed by atoms with Crippen molar-refractivity contribution in [3.63, 3.8) is 0 Å². The smallest absolute Gasteiger partial charge is 0.323 e. The average molecular weight is 229 g/mol. The Labute approximate surface area is 97.7 Å². The van der Waals surface area contributed by atoms with Crippen LogP contribution in [0.1, 0.15) is 39.5 Å². The van der Waals surface area contributed by atoms with E-state index in [1.807, 2.05) is 13.8 Å². The van der Waals surface area contributed by atoms with Crippen LogP contribution in [0.15, 0.2) is 0 Å². The number of carbonyl (C=O) groups is 1. The van der Waals surface area contributed by atoms with Crippen LogP contribution in [-0.4, -0.2) is 37.9 Å². The van der Waals surface area contributed by atoms with E-state index in [-0.39, 0.29) is 17.6 Å². The van der Waals surface area contributed by atoms with Gasteiger partial charge in [-0.25, -0.2) is 0 Å². The summed E-state index contributed by atoms with van der Waals surface area (Å²) in [5.41, 5.74) is -0.0418. The van der Waals surface area contributed by atoms with Crippen LogP contribution in [0.5, 0.6) is 0 Å². The topological polar surface area (TPSA) is 47.6 Å². The van der Waals surface area contributed by atoms with Gasteiger partial charge in [-0.05, 0) is 32.6 Å². The Morgan fingerprint density at radius 1 is 1.44 bits per heavy atom. The Bertz CT molecular complexity index is 221. The van der Waals surface area contributed by atoms with Crippen LogP contribution in [0.4, 0.5) is 0 Å². The van der Waals surface area contributed by atoms with Crippen molar-refractivity contribution in [2.45, 2.75) is 51.2 Å². The highest BCUT2D eigenvalue weighted by Crippen LogP contribution is 2.34. The first-order chi connectivity index (χ1) is 7.67. The number of ether oxygens (including phenoxy) is 2. The van der Waals surface area contributed by atoms with Crippen molar-refractivity contribution in [3.8, 4) is 0 Å². The lowest BCUT2D eigenvalue weighted by molar-refractivity contribution is -0.146. The van der Waals surface area contributed by atoms with Crippen LogP contribution in [0, 0.1) is 0 Å². The maximum atomic E-state index is 11.6. The third kappa shape index (κ3) is 3.19. The number of hydrogen-bond acceptors (Lipinski definition) is 4. The van der Waals surface area contributed by atoms with Crippen LogP contribution < -0.4 is 5.32 Å². The molecule has 1 unspecified atom stereocenters. The molecule has 0 heterocycles. The molecule has 0 saturated heterocycles. The second kappa shape index (κ2) is 6.21. The summed E-state index contributed by atoms with van der Waals surface area (Å²) in [6.45, 7) is 4.98. The Hall–Kier alpha value is -0.610. The first-order valence-corrected chi connectivity index (χ1v) is 6.12. The lowest BCUT2D eigenvalue weighted by atomic mass is 9.80. The van der Waals surface area contributed by atoms with E-state index in [1.165, 1.54) is 6.42 Å². The fraction of sp³-hybridized carbons (Fsp3) is 0.917. The molecule has 0 aromatic carbocycles. The predicted molar refractivity (Wildman–Crippen MR) is 62.3 cm³/mol. The zero-order chi connectivity index (χ0) is 12.0. The minimum absolute atomic E-state index is 0.0418. The van der Waals surface area contributed by atoms with Gasteiger partial charge >= 0.3 is 5.97 Å². The van der Waals surface area contributed by atoms with Gasteiger partial charge in [0.15, 0.2) is 0 Å². The van der Waals surface area contributed by atoms with Crippen molar-refractivity contribution in [1.82, 2.24) is 5.32 Å². The van der Waals surface area contributed by atoms with Gasteiger partial charge < -0.3 is 14.8 Å². The summed E-state index contributed by atoms with van der Waals surface area (Å²) in [5, 5.41) is 3.25. The van der Waals surface area contributed by atoms with Crippen LogP contribution >= 0.6 is 0 Å². The van der Waals surface area contributed by atoms with E-state index < -0.39 is 0 Å². The molecule has 16 heavy (non-hydrogen) atoms. The number of nitrogens with one attached hydrogen (secondary N) is 1. The fourth-order valence-electron chi connectivity index (χ4n) is 1.97. The molecule has 0 spiro atoms. The van der Waals surface area contributed by atoms with Gasteiger partial charge in [-0.2, -0.15) is 0 Å². The summed E-state index contributed by atoms with van der Waals surface area (Å²) < 4.78 is 10.5. The van der Waals surface area contributed by atoms with E-state index in [0.29, 0.717) is 6.61 Å². The fourth-order valence-corrected chi connectivity index (χ4v) is 1.97. The predicted octanol–water partition coefficient (Wildman–Crippen LogP) is 1.49. The lowest BCUT2D eigenvalue weighted by Crippen LogP contribution is -2.52. The summed E-state index contributed by atoms with van der Waals surface area (Å²) >= 11 is 0. The van der Waals surface area contributed by atoms with Gasteiger partial charge in [0, 0.05) is 13.7 Å². The molecule has 94 valence electrons. The highest BCUT2D eigenvalue weighted by atomic mass is 16.5. The summed E-state index contributed by atoms with van der Waals surface area (Å²) in [7, 11) is 1.74. The second-order valence-electron chi connectivity index (χ2n) is 4.33. The zero-order valence-corrected chi connectivity index (χ0v) is 10.5. The minimum atomic E-state index is -0.201. The Balaban J connectivity index is 2.35. The molecular formula is C12H23NO3. The summed E-state index contributed by atoms with van der Waals surface area (Å²) in [4.78, 5) is 11.6. The Morgan fingerprint density at radius 2 is 2.12 bits per heavy atom. The molecule has 0 radical (unpaired) electrons. The summed E-state index contributed by atoms with van der Waals surface area (Å²) in [5.74, 6) is -0.157. The molecule has 0 bridgehead atoms. The van der Waals surface area contributed by atoms with E-state index in [2.05, 4.69) is 5.32 Å². The van der Waals surface area contributed by atoms with Crippen LogP contribution in [0.3, 0.4) is 0 Å². The van der Waals surface area contributed by atoms with E-state index in [0.717, 1.165) is 25.8 Å². The molecule has 1 saturated carbocycles. The minimum Gasteiger partial charge on any atom is -0.465 e. The Morgan fingerprint density at radius 3 is 2.50 bits per heavy atom. The number of hydrogen-bond donors (Lipinski definition) is 1. The number of methoxy groups -OCH3 is 1. The highest BCUT2D eigenvalue weighted by molar-refractivity contribution is 5.75. The molecule has 1 aliphatic rings. The average Bonchev–Trinajstić information content (AvgIpc) is 2.22. The van der Waals surface area contributed by atoms with Crippen molar-refractivity contribution in [1.29, 1.82) is 0 Å². The molecule has 4 nitrogen and oxygen atoms in total. The SMILES string of the molecule is CCOC(=O)C(CC)NCC1(OC)CCC1. The van der Waals surface area contributed by atoms with Crippen LogP contribution in [0.2, 0.25) is 0 Å². The van der Waals surface area contributed by atoms with Crippen molar-refractivity contribution in [3.05, 3.63) is 0 Å². The maximum Gasteiger partial charge on any atom is 0.323 e. The number of carbonyl (C=O) groups excluding carboxylic acids is 1. The van der Waals surface area contributed by atoms with Gasteiger partial charge in [0.05, 0.1) is 12.2 Å². The van der Waals surface area contributed by atoms with Gasteiger partial charge in [0.1, 0.15) is 6.04 Å². The van der Waals surface area contributed by atoms with Crippen molar-refractivity contribution < 1.29 is 14.3 Å². The lowest BCUT2D eigenvalue weighted by Gasteiger charge is -2.41. The standard InChI is InChI=1S/C12H23NO3/c1-4-10(11(14)16-5-2)13-9-12(15-3)7-6-8-12/h10,13H,4-9H2,1-3H3. The summed E-state index contributed by atoms with van der Waals surface area (Å²) in [6, 6.07) is -0.201. The molecule has 4 heteroatoms. The molecule has 0 aromatic heterocycles. The monoisotopic (exact) mass is 229 g/mol. The molecule has 1 N–H and O–H groups in total. The van der Waals surface area contributed by atoms with Crippen LogP contribution in [-0.2, 0) is 14.3 Å². The van der Waals surface area contributed by atoms with E-state index in [4.69, 9.17) is 9.47 Å². The molecule has 1 atom stereocenters. The number of rotatable bonds is 7. The first-order valence-electron chi connectivity index (χ1n) is 6.12. The van der Waals surface area contributed by atoms with Gasteiger partial charge in [0.2, 0.25) is 0 Å². The molecular weight excluding hydrogens is 206 g/mol. The second-order valence-corrected chi connectivity index (χ2v) is 4.33. The van der Waals surface area contributed by atoms with Crippen molar-refractivity contribution in [2.24, 2.45) is 0 Å². The number of esters is 1. The van der Waals surface area contributed by atoms with E-state index in [1.54, 1.807) is 7.11 Å².